The second kappa shape index (κ2) is 2.28. The molecule has 2 rings (SSSR count). The molecule has 2 nitrogen and oxygen atoms in total. The largest absolute Gasteiger partial charge is 0.506 e. The summed E-state index contributed by atoms with van der Waals surface area (Å²) in [4.78, 5) is 11.0. The van der Waals surface area contributed by atoms with Gasteiger partial charge in [0.05, 0.1) is 0 Å². The number of carbonyl (C=O) groups is 1. The molecule has 0 aromatic rings. The van der Waals surface area contributed by atoms with Crippen molar-refractivity contribution in [3.05, 3.63) is 11.3 Å². The number of aliphatic hydroxyl groups is 1. The number of alkyl halides is 2. The number of hydrogen-bond acceptors (Lipinski definition) is 2. The highest BCUT2D eigenvalue weighted by Crippen LogP contribution is 2.54. The summed E-state index contributed by atoms with van der Waals surface area (Å²) in [6.07, 6.45) is -1.77. The number of ketones is 1. The molecule has 2 aliphatic carbocycles. The summed E-state index contributed by atoms with van der Waals surface area (Å²) in [5, 5.41) is 8.90. The number of halogens is 2. The molecule has 0 spiro atoms. The fourth-order valence-corrected chi connectivity index (χ4v) is 1.83. The van der Waals surface area contributed by atoms with Crippen molar-refractivity contribution in [1.29, 1.82) is 0 Å². The minimum absolute atomic E-state index is 0.00463. The molecule has 4 heteroatoms. The van der Waals surface area contributed by atoms with Crippen molar-refractivity contribution in [1.82, 2.24) is 0 Å². The van der Waals surface area contributed by atoms with Crippen LogP contribution in [0.25, 0.3) is 0 Å². The maximum atomic E-state index is 12.0. The van der Waals surface area contributed by atoms with Gasteiger partial charge in [0.25, 0.3) is 6.43 Å². The molecule has 2 saturated carbocycles. The van der Waals surface area contributed by atoms with E-state index in [2.05, 4.69) is 0 Å². The van der Waals surface area contributed by atoms with Crippen molar-refractivity contribution < 1.29 is 18.7 Å². The van der Waals surface area contributed by atoms with E-state index >= 15 is 0 Å². The van der Waals surface area contributed by atoms with Crippen LogP contribution in [0, 0.1) is 11.8 Å². The predicted octanol–water partition coefficient (Wildman–Crippen LogP) is 1.67. The Kier molecular flexibility index (Phi) is 1.46. The molecular formula is C8H8F2O2. The van der Waals surface area contributed by atoms with E-state index in [0.717, 1.165) is 6.42 Å². The molecule has 0 aliphatic heterocycles. The number of aliphatic hydroxyl groups excluding tert-OH is 1. The van der Waals surface area contributed by atoms with Crippen LogP contribution < -0.4 is 0 Å². The molecule has 0 bridgehead atoms. The summed E-state index contributed by atoms with van der Waals surface area (Å²) in [6, 6.07) is 0. The zero-order chi connectivity index (χ0) is 8.88. The lowest BCUT2D eigenvalue weighted by atomic mass is 10.1. The summed E-state index contributed by atoms with van der Waals surface area (Å²) in [7, 11) is 0. The molecule has 0 amide bonds. The van der Waals surface area contributed by atoms with Gasteiger partial charge in [-0.3, -0.25) is 4.79 Å². The normalized spacial score (nSPS) is 37.1. The third kappa shape index (κ3) is 0.940. The first-order valence-corrected chi connectivity index (χ1v) is 3.85. The standard InChI is InChI=1S/C8H8F2O2/c9-8(10)7(12)6-4-1-3(4)2-5(6)11/h3-4,8,12H,1-2H2/b7-6-. The first-order valence-electron chi connectivity index (χ1n) is 3.85. The van der Waals surface area contributed by atoms with Crippen LogP contribution in [0.15, 0.2) is 11.3 Å². The third-order valence-electron chi connectivity index (χ3n) is 2.52. The molecule has 0 aromatic carbocycles. The van der Waals surface area contributed by atoms with E-state index in [4.69, 9.17) is 5.11 Å². The molecule has 66 valence electrons. The van der Waals surface area contributed by atoms with Crippen molar-refractivity contribution >= 4 is 5.78 Å². The molecule has 2 unspecified atom stereocenters. The summed E-state index contributed by atoms with van der Waals surface area (Å²) in [5.41, 5.74) is -0.00463. The fourth-order valence-electron chi connectivity index (χ4n) is 1.83. The van der Waals surface area contributed by atoms with Crippen LogP contribution in [-0.2, 0) is 4.79 Å². The van der Waals surface area contributed by atoms with E-state index in [9.17, 15) is 13.6 Å². The Morgan fingerprint density at radius 3 is 2.67 bits per heavy atom. The van der Waals surface area contributed by atoms with Crippen LogP contribution >= 0.6 is 0 Å². The highest BCUT2D eigenvalue weighted by atomic mass is 19.3. The summed E-state index contributed by atoms with van der Waals surface area (Å²) >= 11 is 0. The molecule has 12 heavy (non-hydrogen) atoms. The van der Waals surface area contributed by atoms with E-state index in [1.165, 1.54) is 0 Å². The van der Waals surface area contributed by atoms with Gasteiger partial charge in [-0.05, 0) is 18.3 Å². The Balaban J connectivity index is 2.31. The number of allylic oxidation sites excluding steroid dienone is 2. The van der Waals surface area contributed by atoms with Gasteiger partial charge in [-0.2, -0.15) is 0 Å². The van der Waals surface area contributed by atoms with E-state index in [1.807, 2.05) is 0 Å². The van der Waals surface area contributed by atoms with Crippen LogP contribution in [0.1, 0.15) is 12.8 Å². The SMILES string of the molecule is O=C1CC2CC2/C1=C(/O)C(F)F. The van der Waals surface area contributed by atoms with E-state index in [1.54, 1.807) is 0 Å². The second-order valence-corrected chi connectivity index (χ2v) is 3.33. The molecule has 2 fully saturated rings. The van der Waals surface area contributed by atoms with Crippen molar-refractivity contribution in [2.24, 2.45) is 11.8 Å². The van der Waals surface area contributed by atoms with E-state index < -0.39 is 12.2 Å². The lowest BCUT2D eigenvalue weighted by Crippen LogP contribution is -2.07. The topological polar surface area (TPSA) is 37.3 Å². The highest BCUT2D eigenvalue weighted by Gasteiger charge is 2.51. The molecule has 2 aliphatic rings. The second-order valence-electron chi connectivity index (χ2n) is 3.33. The van der Waals surface area contributed by atoms with E-state index in [0.29, 0.717) is 6.42 Å². The average molecular weight is 174 g/mol. The van der Waals surface area contributed by atoms with Crippen LogP contribution in [0.3, 0.4) is 0 Å². The predicted molar refractivity (Wildman–Crippen MR) is 36.9 cm³/mol. The Morgan fingerprint density at radius 1 is 1.58 bits per heavy atom. The summed E-state index contributed by atoms with van der Waals surface area (Å²) < 4.78 is 24.0. The van der Waals surface area contributed by atoms with Crippen LogP contribution in [-0.4, -0.2) is 17.3 Å². The highest BCUT2D eigenvalue weighted by molar-refractivity contribution is 6.00. The van der Waals surface area contributed by atoms with Gasteiger partial charge in [-0.1, -0.05) is 0 Å². The quantitative estimate of drug-likeness (QED) is 0.485. The van der Waals surface area contributed by atoms with Crippen LogP contribution in [0.2, 0.25) is 0 Å². The number of rotatable bonds is 1. The molecule has 0 saturated heterocycles. The number of Topliss-reactive ketones (excluding diaryl/α,β-unsaturated/α-hetero) is 1. The Morgan fingerprint density at radius 2 is 2.25 bits per heavy atom. The van der Waals surface area contributed by atoms with Crippen LogP contribution in [0.4, 0.5) is 8.78 Å². The monoisotopic (exact) mass is 174 g/mol. The zero-order valence-corrected chi connectivity index (χ0v) is 6.26. The number of hydrogen-bond donors (Lipinski definition) is 1. The zero-order valence-electron chi connectivity index (χ0n) is 6.26. The van der Waals surface area contributed by atoms with Gasteiger partial charge in [0.1, 0.15) is 0 Å². The van der Waals surface area contributed by atoms with Gasteiger partial charge in [-0.25, -0.2) is 8.78 Å². The van der Waals surface area contributed by atoms with E-state index in [-0.39, 0.29) is 23.2 Å². The van der Waals surface area contributed by atoms with Crippen molar-refractivity contribution in [2.75, 3.05) is 0 Å². The molecular weight excluding hydrogens is 166 g/mol. The number of carbonyl (C=O) groups excluding carboxylic acids is 1. The Labute approximate surface area is 67.9 Å². The molecule has 0 aromatic heterocycles. The third-order valence-corrected chi connectivity index (χ3v) is 2.52. The van der Waals surface area contributed by atoms with Gasteiger partial charge < -0.3 is 5.11 Å². The fraction of sp³-hybridized carbons (Fsp3) is 0.625. The van der Waals surface area contributed by atoms with Gasteiger partial charge in [0, 0.05) is 12.0 Å². The van der Waals surface area contributed by atoms with Gasteiger partial charge in [-0.15, -0.1) is 0 Å². The molecule has 1 N–H and O–H groups in total. The summed E-state index contributed by atoms with van der Waals surface area (Å²) in [5.74, 6) is -1.11. The van der Waals surface area contributed by atoms with Crippen molar-refractivity contribution in [3.8, 4) is 0 Å². The maximum Gasteiger partial charge on any atom is 0.294 e. The number of fused-ring (bicyclic) bond motifs is 1. The molecule has 0 radical (unpaired) electrons. The maximum absolute atomic E-state index is 12.0. The van der Waals surface area contributed by atoms with Gasteiger partial charge in [0.15, 0.2) is 11.5 Å². The van der Waals surface area contributed by atoms with Gasteiger partial charge >= 0.3 is 0 Å². The minimum atomic E-state index is -2.90. The van der Waals surface area contributed by atoms with Crippen LogP contribution in [0.5, 0.6) is 0 Å². The average Bonchev–Trinajstić information content (AvgIpc) is 2.62. The summed E-state index contributed by atoms with van der Waals surface area (Å²) in [6.45, 7) is 0. The Hall–Kier alpha value is -0.930. The van der Waals surface area contributed by atoms with Crippen molar-refractivity contribution in [3.63, 3.8) is 0 Å². The lowest BCUT2D eigenvalue weighted by molar-refractivity contribution is -0.115. The molecule has 2 atom stereocenters. The minimum Gasteiger partial charge on any atom is -0.506 e. The first kappa shape index (κ1) is 7.71. The first-order chi connectivity index (χ1) is 5.61. The smallest absolute Gasteiger partial charge is 0.294 e. The van der Waals surface area contributed by atoms with Gasteiger partial charge in [0.2, 0.25) is 0 Å². The van der Waals surface area contributed by atoms with Crippen molar-refractivity contribution in [2.45, 2.75) is 19.3 Å². The Bertz CT molecular complexity index is 270. The lowest BCUT2D eigenvalue weighted by Gasteiger charge is -2.02. The molecule has 0 heterocycles.